The van der Waals surface area contributed by atoms with E-state index in [0.29, 0.717) is 16.6 Å². The normalized spacial score (nSPS) is 17.0. The predicted molar refractivity (Wildman–Crippen MR) is 148 cm³/mol. The molecule has 1 amide bonds. The largest absolute Gasteiger partial charge is 0.493 e. The van der Waals surface area contributed by atoms with Gasteiger partial charge in [-0.2, -0.15) is 0 Å². The van der Waals surface area contributed by atoms with Gasteiger partial charge in [-0.25, -0.2) is 4.79 Å². The van der Waals surface area contributed by atoms with Crippen molar-refractivity contribution < 1.29 is 19.1 Å². The number of thiophene rings is 1. The van der Waals surface area contributed by atoms with E-state index in [9.17, 15) is 9.59 Å². The van der Waals surface area contributed by atoms with Gasteiger partial charge >= 0.3 is 5.97 Å². The van der Waals surface area contributed by atoms with Crippen molar-refractivity contribution in [3.63, 3.8) is 0 Å². The van der Waals surface area contributed by atoms with Crippen molar-refractivity contribution >= 4 is 52.3 Å². The Labute approximate surface area is 222 Å². The number of hydrogen-bond donors (Lipinski definition) is 1. The molecule has 0 atom stereocenters. The third kappa shape index (κ3) is 5.73. The summed E-state index contributed by atoms with van der Waals surface area (Å²) >= 11 is 7.07. The fourth-order valence-electron chi connectivity index (χ4n) is 4.92. The van der Waals surface area contributed by atoms with Gasteiger partial charge in [0.2, 0.25) is 5.91 Å². The van der Waals surface area contributed by atoms with Crippen LogP contribution in [0.25, 0.3) is 6.08 Å². The molecule has 0 saturated carbocycles. The molecule has 2 aromatic rings. The lowest BCUT2D eigenvalue weighted by atomic mass is 9.78. The minimum Gasteiger partial charge on any atom is -0.493 e. The molecule has 0 bridgehead atoms. The third-order valence-corrected chi connectivity index (χ3v) is 8.50. The number of para-hydroxylation sites is 1. The molecule has 4 rings (SSSR count). The topological polar surface area (TPSA) is 71.1 Å². The number of methoxy groups -OCH3 is 1. The Kier molecular flexibility index (Phi) is 8.31. The summed E-state index contributed by atoms with van der Waals surface area (Å²) in [4.78, 5) is 29.6. The first-order valence-corrected chi connectivity index (χ1v) is 13.6. The molecule has 1 spiro atoms. The summed E-state index contributed by atoms with van der Waals surface area (Å²) in [5.41, 5.74) is 2.77. The molecule has 2 aliphatic heterocycles. The zero-order valence-corrected chi connectivity index (χ0v) is 22.7. The number of nitrogens with zero attached hydrogens (tertiary/aromatic N) is 2. The van der Waals surface area contributed by atoms with Crippen molar-refractivity contribution in [2.75, 3.05) is 45.2 Å². The highest BCUT2D eigenvalue weighted by atomic mass is 32.1. The summed E-state index contributed by atoms with van der Waals surface area (Å²) in [6.07, 6.45) is 6.44. The smallest absolute Gasteiger partial charge is 0.350 e. The van der Waals surface area contributed by atoms with Gasteiger partial charge in [-0.15, -0.1) is 11.3 Å². The number of likely N-dealkylation sites (tertiary alicyclic amines) is 2. The average Bonchev–Trinajstić information content (AvgIpc) is 3.47. The fourth-order valence-corrected chi connectivity index (χ4v) is 6.10. The van der Waals surface area contributed by atoms with Crippen molar-refractivity contribution in [1.82, 2.24) is 9.80 Å². The number of esters is 1. The molecular weight excluding hydrogens is 494 g/mol. The number of anilines is 1. The number of carbonyl (C=O) groups is 2. The van der Waals surface area contributed by atoms with E-state index in [-0.39, 0.29) is 17.3 Å². The van der Waals surface area contributed by atoms with Crippen LogP contribution in [0, 0.1) is 12.3 Å². The predicted octanol–water partition coefficient (Wildman–Crippen LogP) is 4.97. The minimum absolute atomic E-state index is 0.0338. The summed E-state index contributed by atoms with van der Waals surface area (Å²) in [6, 6.07) is 7.74. The molecule has 1 aromatic carbocycles. The summed E-state index contributed by atoms with van der Waals surface area (Å²) in [7, 11) is 1.39. The number of hydrogen-bond acceptors (Lipinski definition) is 6. The number of aryl methyl sites for hydroxylation is 1. The first-order valence-electron chi connectivity index (χ1n) is 12.3. The second-order valence-electron chi connectivity index (χ2n) is 9.35. The molecule has 0 aliphatic carbocycles. The molecule has 3 heterocycles. The van der Waals surface area contributed by atoms with E-state index in [1.165, 1.54) is 18.4 Å². The zero-order valence-electron chi connectivity index (χ0n) is 21.0. The number of piperidine rings is 1. The van der Waals surface area contributed by atoms with E-state index < -0.39 is 0 Å². The first-order chi connectivity index (χ1) is 17.4. The van der Waals surface area contributed by atoms with Crippen molar-refractivity contribution in [3.05, 3.63) is 51.7 Å². The van der Waals surface area contributed by atoms with Gasteiger partial charge in [-0.3, -0.25) is 4.79 Å². The van der Waals surface area contributed by atoms with Crippen molar-refractivity contribution in [3.8, 4) is 5.75 Å². The van der Waals surface area contributed by atoms with Gasteiger partial charge in [-0.05, 0) is 73.8 Å². The quantitative estimate of drug-likeness (QED) is 0.323. The molecule has 7 nitrogen and oxygen atoms in total. The molecule has 0 unspecified atom stereocenters. The van der Waals surface area contributed by atoms with Gasteiger partial charge in [0.25, 0.3) is 0 Å². The van der Waals surface area contributed by atoms with Crippen LogP contribution in [0.3, 0.4) is 0 Å². The molecule has 2 saturated heterocycles. The number of carbonyl (C=O) groups excluding carboxylic acids is 2. The van der Waals surface area contributed by atoms with E-state index in [4.69, 9.17) is 21.7 Å². The highest BCUT2D eigenvalue weighted by Crippen LogP contribution is 2.41. The highest BCUT2D eigenvalue weighted by Gasteiger charge is 2.42. The van der Waals surface area contributed by atoms with Crippen molar-refractivity contribution in [2.45, 2.75) is 33.1 Å². The number of thiocarbonyl (C=S) groups is 1. The maximum atomic E-state index is 12.9. The monoisotopic (exact) mass is 527 g/mol. The Morgan fingerprint density at radius 2 is 1.86 bits per heavy atom. The maximum absolute atomic E-state index is 12.9. The number of ether oxygens (including phenoxy) is 2. The second-order valence-corrected chi connectivity index (χ2v) is 10.6. The van der Waals surface area contributed by atoms with Crippen molar-refractivity contribution in [1.29, 1.82) is 0 Å². The van der Waals surface area contributed by atoms with E-state index >= 15 is 0 Å². The van der Waals surface area contributed by atoms with E-state index in [2.05, 4.69) is 10.2 Å². The molecule has 2 aliphatic rings. The Balaban J connectivity index is 1.32. The van der Waals surface area contributed by atoms with Crippen LogP contribution in [0.4, 0.5) is 5.69 Å². The summed E-state index contributed by atoms with van der Waals surface area (Å²) in [5.74, 6) is 0.462. The van der Waals surface area contributed by atoms with Crippen LogP contribution < -0.4 is 10.1 Å². The van der Waals surface area contributed by atoms with Crippen LogP contribution >= 0.6 is 23.6 Å². The van der Waals surface area contributed by atoms with Crippen LogP contribution in [-0.2, 0) is 9.53 Å². The second kappa shape index (κ2) is 11.4. The Morgan fingerprint density at radius 3 is 2.56 bits per heavy atom. The average molecular weight is 528 g/mol. The summed E-state index contributed by atoms with van der Waals surface area (Å²) in [5, 5.41) is 5.86. The van der Waals surface area contributed by atoms with E-state index in [1.54, 1.807) is 6.08 Å². The fraction of sp³-hybridized carbons (Fsp3) is 0.444. The molecule has 2 fully saturated rings. The van der Waals surface area contributed by atoms with Gasteiger partial charge in [0.15, 0.2) is 5.11 Å². The number of rotatable bonds is 6. The lowest BCUT2D eigenvalue weighted by Gasteiger charge is -2.39. The zero-order chi connectivity index (χ0) is 25.7. The Morgan fingerprint density at radius 1 is 1.17 bits per heavy atom. The van der Waals surface area contributed by atoms with E-state index in [0.717, 1.165) is 68.0 Å². The maximum Gasteiger partial charge on any atom is 0.350 e. The lowest BCUT2D eigenvalue weighted by Crippen LogP contribution is -2.44. The molecular formula is C27H33N3O4S2. The number of benzene rings is 1. The standard InChI is InChI=1S/C27H33N3O4S2/c1-4-34-21-8-6-5-7-20(21)9-10-22(31)29-14-11-27(12-15-29)13-16-30(18-27)26(35)28-23-19(2)17-36-24(23)25(32)33-3/h5-10,17H,4,11-16,18H2,1-3H3,(H,28,35). The van der Waals surface area contributed by atoms with Gasteiger partial charge in [0.1, 0.15) is 10.6 Å². The lowest BCUT2D eigenvalue weighted by molar-refractivity contribution is -0.128. The van der Waals surface area contributed by atoms with Gasteiger partial charge in [0, 0.05) is 37.8 Å². The van der Waals surface area contributed by atoms with Gasteiger partial charge in [0.05, 0.1) is 19.4 Å². The van der Waals surface area contributed by atoms with Gasteiger partial charge in [-0.1, -0.05) is 18.2 Å². The number of nitrogens with one attached hydrogen (secondary N) is 1. The molecule has 36 heavy (non-hydrogen) atoms. The molecule has 192 valence electrons. The molecule has 0 radical (unpaired) electrons. The Hall–Kier alpha value is -2.91. The SMILES string of the molecule is CCOc1ccccc1C=CC(=O)N1CCC2(CC1)CCN(C(=S)Nc1c(C)csc1C(=O)OC)C2. The number of amides is 1. The highest BCUT2D eigenvalue weighted by molar-refractivity contribution is 7.80. The summed E-state index contributed by atoms with van der Waals surface area (Å²) < 4.78 is 10.6. The van der Waals surface area contributed by atoms with Gasteiger partial charge < -0.3 is 24.6 Å². The first kappa shape index (κ1) is 26.2. The molecule has 1 N–H and O–H groups in total. The van der Waals surface area contributed by atoms with Crippen LogP contribution in [0.1, 0.15) is 47.0 Å². The third-order valence-electron chi connectivity index (χ3n) is 7.06. The van der Waals surface area contributed by atoms with Crippen LogP contribution in [-0.4, -0.2) is 66.7 Å². The van der Waals surface area contributed by atoms with Crippen LogP contribution in [0.2, 0.25) is 0 Å². The minimum atomic E-state index is -0.358. The van der Waals surface area contributed by atoms with Crippen LogP contribution in [0.15, 0.2) is 35.7 Å². The molecule has 9 heteroatoms. The molecule has 1 aromatic heterocycles. The van der Waals surface area contributed by atoms with Crippen LogP contribution in [0.5, 0.6) is 5.75 Å². The van der Waals surface area contributed by atoms with Crippen molar-refractivity contribution in [2.24, 2.45) is 5.41 Å². The van der Waals surface area contributed by atoms with E-state index in [1.807, 2.05) is 54.5 Å². The Bertz CT molecular complexity index is 1150. The summed E-state index contributed by atoms with van der Waals surface area (Å²) in [6.45, 7) is 7.68.